The third-order valence-corrected chi connectivity index (χ3v) is 28.1. The van der Waals surface area contributed by atoms with Crippen LogP contribution in [0.3, 0.4) is 0 Å². The summed E-state index contributed by atoms with van der Waals surface area (Å²) in [5.74, 6) is 3.99. The number of furan rings is 1. The molecule has 9 aromatic rings. The molecule has 562 valence electrons. The number of aryl methyl sites for hydroxylation is 5. The highest BCUT2D eigenvalue weighted by Gasteiger charge is 2.66. The molecule has 0 amide bonds. The molecule has 106 heavy (non-hydrogen) atoms. The molecule has 5 aliphatic carbocycles. The third kappa shape index (κ3) is 12.8. The molecule has 7 heteroatoms. The Hall–Kier alpha value is -7.51. The van der Waals surface area contributed by atoms with Gasteiger partial charge in [-0.3, -0.25) is 0 Å². The second-order valence-corrected chi connectivity index (χ2v) is 36.6. The van der Waals surface area contributed by atoms with Crippen LogP contribution in [-0.4, -0.2) is 51.8 Å². The van der Waals surface area contributed by atoms with Gasteiger partial charge >= 0.3 is 0 Å². The summed E-state index contributed by atoms with van der Waals surface area (Å²) in [7, 11) is 0. The van der Waals surface area contributed by atoms with Crippen LogP contribution < -0.4 is 24.5 Å². The van der Waals surface area contributed by atoms with Crippen molar-refractivity contribution in [3.05, 3.63) is 215 Å². The summed E-state index contributed by atoms with van der Waals surface area (Å²) < 4.78 is 85.8. The smallest absolute Gasteiger partial charge is 0.158 e. The van der Waals surface area contributed by atoms with Crippen molar-refractivity contribution in [3.63, 3.8) is 0 Å². The highest BCUT2D eigenvalue weighted by Crippen LogP contribution is 2.70. The second kappa shape index (κ2) is 27.9. The van der Waals surface area contributed by atoms with Gasteiger partial charge in [-0.15, -0.1) is 0 Å². The van der Waals surface area contributed by atoms with E-state index in [4.69, 9.17) is 14.0 Å². The fourth-order valence-electron chi connectivity index (χ4n) is 22.5. The molecule has 6 unspecified atom stereocenters. The van der Waals surface area contributed by atoms with E-state index in [-0.39, 0.29) is 33.7 Å². The quantitative estimate of drug-likeness (QED) is 0.170. The maximum atomic E-state index is 9.52. The lowest BCUT2D eigenvalue weighted by atomic mass is 9.43. The lowest BCUT2D eigenvalue weighted by molar-refractivity contribution is -0.113. The van der Waals surface area contributed by atoms with E-state index in [1.807, 2.05) is 67.4 Å². The van der Waals surface area contributed by atoms with Gasteiger partial charge in [0.2, 0.25) is 0 Å². The predicted molar refractivity (Wildman–Crippen MR) is 454 cm³/mol. The van der Waals surface area contributed by atoms with Crippen molar-refractivity contribution >= 4 is 61.9 Å². The van der Waals surface area contributed by atoms with E-state index in [0.29, 0.717) is 29.5 Å². The number of para-hydroxylation sites is 6. The van der Waals surface area contributed by atoms with Gasteiger partial charge in [0.05, 0.1) is 5.69 Å². The van der Waals surface area contributed by atoms with Crippen LogP contribution in [0, 0.1) is 74.5 Å². The summed E-state index contributed by atoms with van der Waals surface area (Å²) in [6.45, 7) is 42.2. The van der Waals surface area contributed by atoms with Gasteiger partial charge in [0, 0.05) is 121 Å². The summed E-state index contributed by atoms with van der Waals surface area (Å²) in [6.07, 6.45) is 9.71. The van der Waals surface area contributed by atoms with Crippen LogP contribution in [0.15, 0.2) is 180 Å². The number of anilines is 7. The molecular weight excluding hydrogens is 1290 g/mol. The number of fused-ring (bicyclic) bond motifs is 5. The zero-order valence-corrected chi connectivity index (χ0v) is 68.1. The Kier molecular flexibility index (Phi) is 16.9. The minimum Gasteiger partial charge on any atom is -0.454 e. The number of rotatable bonds is 5. The highest BCUT2D eigenvalue weighted by atomic mass is 16.3. The second-order valence-electron chi connectivity index (χ2n) is 36.6. The van der Waals surface area contributed by atoms with Crippen molar-refractivity contribution in [1.82, 2.24) is 4.98 Å². The van der Waals surface area contributed by atoms with Crippen LogP contribution in [-0.2, 0) is 10.8 Å². The number of hydrogen-bond acceptors (Lipinski definition) is 7. The van der Waals surface area contributed by atoms with Crippen molar-refractivity contribution in [3.8, 4) is 0 Å². The van der Waals surface area contributed by atoms with Crippen molar-refractivity contribution < 1.29 is 16.8 Å². The van der Waals surface area contributed by atoms with E-state index in [2.05, 4.69) is 263 Å². The van der Waals surface area contributed by atoms with E-state index in [9.17, 15) is 2.74 Å². The maximum Gasteiger partial charge on any atom is 0.158 e. The standard InChI is InChI=1S/C23H33N.C22H27NO.C19H29N.C18H21N.C17H20N2/c1-15-7-5-6-8-21(15)24-16(2)23(14-22(24,3)4)19-10-17-9-18(12-19)13-20(23)11-17;1-14-11-12-17-16-9-7-8-10-18(16)24-20(17)19(14)23-15(2)21(3,4)13-22(23,5)6;1-15-10-6-7-11-17(15)20-16(2)19(14-18(20,3)4)12-8-5-9-13-19;1-13-9-5-7-11-16(13)19-14(2)18(3,4)15-10-6-8-12-17(15)19;1-12-8-5-6-10-15(12)19-13(2)17(3,4)14-9-7-11-18-16(14)19/h5-8,16-20H,9-14H2,1-4H3;7-12,15H,13H2,1-6H3;6-7,10-11,16H,5,8-9,12-14H2,1-4H3;5-12,14H,1-4H3;5-11,13H,1-4H3/i14D2;3D3,13D2;14D2;;. The molecule has 0 radical (unpaired) electrons. The maximum absolute atomic E-state index is 9.52. The van der Waals surface area contributed by atoms with Crippen molar-refractivity contribution in [2.75, 3.05) is 24.5 Å². The molecule has 5 aliphatic heterocycles. The first-order chi connectivity index (χ1) is 53.8. The Morgan fingerprint density at radius 2 is 0.868 bits per heavy atom. The van der Waals surface area contributed by atoms with Crippen molar-refractivity contribution in [2.45, 2.75) is 293 Å². The van der Waals surface area contributed by atoms with Crippen LogP contribution in [0.4, 0.5) is 39.9 Å². The van der Waals surface area contributed by atoms with Crippen LogP contribution in [0.25, 0.3) is 21.9 Å². The van der Waals surface area contributed by atoms with Crippen LogP contribution >= 0.6 is 0 Å². The van der Waals surface area contributed by atoms with Gasteiger partial charge in [0.25, 0.3) is 0 Å². The van der Waals surface area contributed by atoms with Gasteiger partial charge in [0.1, 0.15) is 11.4 Å². The molecule has 7 nitrogen and oxygen atoms in total. The molecule has 3 saturated heterocycles. The Morgan fingerprint density at radius 3 is 1.42 bits per heavy atom. The van der Waals surface area contributed by atoms with Crippen LogP contribution in [0.5, 0.6) is 0 Å². The molecule has 6 atom stereocenters. The first-order valence-corrected chi connectivity index (χ1v) is 40.4. The Morgan fingerprint density at radius 1 is 0.406 bits per heavy atom. The van der Waals surface area contributed by atoms with Gasteiger partial charge in [-0.2, -0.15) is 0 Å². The summed E-state index contributed by atoms with van der Waals surface area (Å²) in [6, 6.07) is 59.9. The van der Waals surface area contributed by atoms with Crippen molar-refractivity contribution in [2.24, 2.45) is 39.9 Å². The summed E-state index contributed by atoms with van der Waals surface area (Å²) >= 11 is 0. The SMILES string of the molecule is Cc1ccccc1N1c2ccccc2C(C)(C)C1C.Cc1ccccc1N1c2ncccc2C(C)(C)C1C.[2H]C([2H])([2H])C1(C)C(C)N(c2c(C)ccc3c2oc2ccccc23)C(C)(C)C1([2H])[2H].[2H]C1([2H])C2(C3CC4CC(C3)CC2C4)C(C)N(c2ccccc2C)C1(C)C.[2H]C1([2H])C2(CCCCC2)C(C)N(c2ccccc2C)C1(C)C. The van der Waals surface area contributed by atoms with Gasteiger partial charge in [-0.1, -0.05) is 188 Å². The van der Waals surface area contributed by atoms with Gasteiger partial charge < -0.3 is 28.9 Å². The van der Waals surface area contributed by atoms with E-state index < -0.39 is 54.0 Å². The molecule has 7 aromatic carbocycles. The topological polar surface area (TPSA) is 42.2 Å². The molecule has 19 rings (SSSR count). The normalized spacial score (nSPS) is 31.7. The third-order valence-electron chi connectivity index (χ3n) is 28.1. The fraction of sp³-hybridized carbons (Fsp3) is 0.525. The highest BCUT2D eigenvalue weighted by molar-refractivity contribution is 6.09. The lowest BCUT2D eigenvalue weighted by Gasteiger charge is -2.62. The van der Waals surface area contributed by atoms with Crippen LogP contribution in [0.2, 0.25) is 0 Å². The number of benzene rings is 7. The van der Waals surface area contributed by atoms with Gasteiger partial charge in [-0.25, -0.2) is 4.98 Å². The monoisotopic (exact) mass is 1430 g/mol. The van der Waals surface area contributed by atoms with E-state index in [0.717, 1.165) is 58.1 Å². The fourth-order valence-corrected chi connectivity index (χ4v) is 22.5. The Balaban J connectivity index is 0.000000120. The average molecular weight is 1430 g/mol. The van der Waals surface area contributed by atoms with E-state index >= 15 is 0 Å². The Labute approximate surface area is 653 Å². The largest absolute Gasteiger partial charge is 0.454 e. The molecule has 5 saturated carbocycles. The first kappa shape index (κ1) is 64.5. The molecule has 8 fully saturated rings. The molecule has 4 bridgehead atoms. The molecule has 10 aliphatic rings. The molecule has 7 heterocycles. The number of pyridine rings is 1. The zero-order chi connectivity index (χ0) is 83.5. The van der Waals surface area contributed by atoms with E-state index in [1.54, 1.807) is 20.8 Å². The van der Waals surface area contributed by atoms with Crippen LogP contribution in [0.1, 0.15) is 252 Å². The van der Waals surface area contributed by atoms with Gasteiger partial charge in [-0.05, 0) is 291 Å². The summed E-state index contributed by atoms with van der Waals surface area (Å²) in [4.78, 5) is 16.3. The average Bonchev–Trinajstić information content (AvgIpc) is 1.51. The predicted octanol–water partition coefficient (Wildman–Crippen LogP) is 26.5. The molecule has 2 aromatic heterocycles. The lowest BCUT2D eigenvalue weighted by Crippen LogP contribution is -2.57. The number of hydrogen-bond donors (Lipinski definition) is 0. The molecule has 0 N–H and O–H groups in total. The molecular formula is C99H130N6O. The van der Waals surface area contributed by atoms with E-state index in [1.165, 1.54) is 113 Å². The summed E-state index contributed by atoms with van der Waals surface area (Å²) in [5, 5.41) is 1.95. The Bertz CT molecular complexity index is 4940. The summed E-state index contributed by atoms with van der Waals surface area (Å²) in [5.41, 5.74) is 13.8. The number of nitrogens with zero attached hydrogens (tertiary/aromatic N) is 6. The van der Waals surface area contributed by atoms with Crippen molar-refractivity contribution in [1.29, 1.82) is 0 Å². The van der Waals surface area contributed by atoms with Gasteiger partial charge in [0.15, 0.2) is 5.58 Å². The molecule has 2 spiro atoms. The zero-order valence-electron chi connectivity index (χ0n) is 77.1. The minimum absolute atomic E-state index is 0.117. The number of aromatic nitrogens is 1. The first-order valence-electron chi connectivity index (χ1n) is 44.9. The minimum atomic E-state index is -2.46.